The summed E-state index contributed by atoms with van der Waals surface area (Å²) in [4.78, 5) is 24.7. The molecular weight excluding hydrogens is 406 g/mol. The van der Waals surface area contributed by atoms with E-state index in [1.54, 1.807) is 0 Å². The number of rotatable bonds is 5. The van der Waals surface area contributed by atoms with Gasteiger partial charge in [-0.1, -0.05) is 115 Å². The highest BCUT2D eigenvalue weighted by molar-refractivity contribution is 6.09. The number of benzene rings is 4. The summed E-state index contributed by atoms with van der Waals surface area (Å²) in [5, 5.41) is 2.47. The molecule has 3 heteroatoms. The molecule has 3 nitrogen and oxygen atoms in total. The van der Waals surface area contributed by atoms with Gasteiger partial charge >= 0.3 is 0 Å². The molecule has 1 atom stereocenters. The van der Waals surface area contributed by atoms with Crippen molar-refractivity contribution < 1.29 is 9.59 Å². The summed E-state index contributed by atoms with van der Waals surface area (Å²) in [6.45, 7) is 0. The van der Waals surface area contributed by atoms with Crippen LogP contribution >= 0.6 is 0 Å². The van der Waals surface area contributed by atoms with E-state index in [4.69, 9.17) is 0 Å². The minimum Gasteiger partial charge on any atom is -0.296 e. The maximum absolute atomic E-state index is 12.7. The number of amides is 2. The molecule has 1 heterocycles. The van der Waals surface area contributed by atoms with Gasteiger partial charge in [-0.2, -0.15) is 0 Å². The molecule has 1 aliphatic heterocycles. The van der Waals surface area contributed by atoms with E-state index in [0.29, 0.717) is 0 Å². The first-order chi connectivity index (χ1) is 16.2. The summed E-state index contributed by atoms with van der Waals surface area (Å²) in [5.41, 5.74) is 7.17. The van der Waals surface area contributed by atoms with Crippen LogP contribution in [-0.2, 0) is 9.59 Å². The molecule has 0 aromatic heterocycles. The van der Waals surface area contributed by atoms with Crippen LogP contribution < -0.4 is 5.32 Å². The molecule has 4 aromatic rings. The van der Waals surface area contributed by atoms with Crippen molar-refractivity contribution in [1.29, 1.82) is 0 Å². The standard InChI is InChI=1S/C30H23NO2/c32-27-20-26(30(33)31-27)24-18-10-11-19-25(24)29(23-16-8-3-9-17-23)28(21-12-4-1-5-13-21)22-14-6-2-7-15-22/h1-19,26H,20H2,(H,31,32,33). The minimum absolute atomic E-state index is 0.171. The van der Waals surface area contributed by atoms with Crippen LogP contribution in [0.3, 0.4) is 0 Å². The van der Waals surface area contributed by atoms with Crippen molar-refractivity contribution >= 4 is 23.0 Å². The maximum atomic E-state index is 12.7. The van der Waals surface area contributed by atoms with E-state index in [1.165, 1.54) is 0 Å². The Morgan fingerprint density at radius 3 is 1.52 bits per heavy atom. The molecule has 5 rings (SSSR count). The van der Waals surface area contributed by atoms with Gasteiger partial charge in [0.2, 0.25) is 11.8 Å². The van der Waals surface area contributed by atoms with Crippen molar-refractivity contribution in [3.63, 3.8) is 0 Å². The van der Waals surface area contributed by atoms with Gasteiger partial charge < -0.3 is 0 Å². The van der Waals surface area contributed by atoms with Crippen molar-refractivity contribution in [3.05, 3.63) is 143 Å². The maximum Gasteiger partial charge on any atom is 0.234 e. The third-order valence-corrected chi connectivity index (χ3v) is 6.01. The van der Waals surface area contributed by atoms with Crippen LogP contribution in [0.2, 0.25) is 0 Å². The van der Waals surface area contributed by atoms with Crippen LogP contribution in [-0.4, -0.2) is 11.8 Å². The molecule has 160 valence electrons. The Morgan fingerprint density at radius 2 is 1.03 bits per heavy atom. The van der Waals surface area contributed by atoms with Crippen LogP contribution in [0.1, 0.15) is 40.2 Å². The molecule has 0 saturated carbocycles. The lowest BCUT2D eigenvalue weighted by atomic mass is 9.81. The second-order valence-electron chi connectivity index (χ2n) is 8.10. The fraction of sp³-hybridized carbons (Fsp3) is 0.0667. The van der Waals surface area contributed by atoms with Gasteiger partial charge in [-0.3, -0.25) is 14.9 Å². The number of hydrogen-bond donors (Lipinski definition) is 1. The van der Waals surface area contributed by atoms with Gasteiger partial charge in [-0.05, 0) is 39.0 Å². The van der Waals surface area contributed by atoms with Gasteiger partial charge in [0.15, 0.2) is 0 Å². The smallest absolute Gasteiger partial charge is 0.234 e. The molecule has 1 unspecified atom stereocenters. The van der Waals surface area contributed by atoms with E-state index in [0.717, 1.165) is 39.0 Å². The van der Waals surface area contributed by atoms with Crippen LogP contribution in [0.5, 0.6) is 0 Å². The Kier molecular flexibility index (Phi) is 5.69. The van der Waals surface area contributed by atoms with Crippen LogP contribution in [0.4, 0.5) is 0 Å². The number of imide groups is 1. The van der Waals surface area contributed by atoms with E-state index in [9.17, 15) is 9.59 Å². The zero-order chi connectivity index (χ0) is 22.6. The Hall–Kier alpha value is -4.24. The van der Waals surface area contributed by atoms with Crippen molar-refractivity contribution in [2.24, 2.45) is 0 Å². The predicted molar refractivity (Wildman–Crippen MR) is 131 cm³/mol. The third-order valence-electron chi connectivity index (χ3n) is 6.01. The number of carbonyl (C=O) groups excluding carboxylic acids is 2. The van der Waals surface area contributed by atoms with Crippen LogP contribution in [0, 0.1) is 0 Å². The fourth-order valence-corrected chi connectivity index (χ4v) is 4.54. The van der Waals surface area contributed by atoms with E-state index >= 15 is 0 Å². The molecule has 33 heavy (non-hydrogen) atoms. The van der Waals surface area contributed by atoms with E-state index in [2.05, 4.69) is 47.8 Å². The van der Waals surface area contributed by atoms with E-state index in [1.807, 2.05) is 72.8 Å². The summed E-state index contributed by atoms with van der Waals surface area (Å²) in [6.07, 6.45) is 0.171. The van der Waals surface area contributed by atoms with Gasteiger partial charge in [-0.15, -0.1) is 0 Å². The molecule has 0 aliphatic carbocycles. The van der Waals surface area contributed by atoms with E-state index < -0.39 is 5.92 Å². The molecular formula is C30H23NO2. The summed E-state index contributed by atoms with van der Waals surface area (Å²) < 4.78 is 0. The lowest BCUT2D eigenvalue weighted by molar-refractivity contribution is -0.125. The van der Waals surface area contributed by atoms with Crippen molar-refractivity contribution in [2.75, 3.05) is 0 Å². The predicted octanol–water partition coefficient (Wildman–Crippen LogP) is 5.82. The summed E-state index contributed by atoms with van der Waals surface area (Å²) in [5.74, 6) is -0.961. The zero-order valence-electron chi connectivity index (χ0n) is 18.1. The number of carbonyl (C=O) groups is 2. The molecule has 2 amide bonds. The molecule has 1 fully saturated rings. The molecule has 0 radical (unpaired) electrons. The molecule has 1 saturated heterocycles. The molecule has 1 aliphatic rings. The van der Waals surface area contributed by atoms with Gasteiger partial charge in [-0.25, -0.2) is 0 Å². The normalized spacial score (nSPS) is 15.2. The highest BCUT2D eigenvalue weighted by Gasteiger charge is 2.34. The van der Waals surface area contributed by atoms with Gasteiger partial charge in [0.25, 0.3) is 0 Å². The van der Waals surface area contributed by atoms with Crippen molar-refractivity contribution in [3.8, 4) is 0 Å². The second-order valence-corrected chi connectivity index (χ2v) is 8.10. The summed E-state index contributed by atoms with van der Waals surface area (Å²) in [7, 11) is 0. The lowest BCUT2D eigenvalue weighted by Gasteiger charge is -2.21. The molecule has 0 spiro atoms. The van der Waals surface area contributed by atoms with Gasteiger partial charge in [0.05, 0.1) is 5.92 Å². The monoisotopic (exact) mass is 429 g/mol. The first-order valence-corrected chi connectivity index (χ1v) is 11.1. The Morgan fingerprint density at radius 1 is 0.576 bits per heavy atom. The minimum atomic E-state index is -0.500. The third kappa shape index (κ3) is 4.13. The topological polar surface area (TPSA) is 46.2 Å². The Balaban J connectivity index is 1.86. The Labute approximate surface area is 193 Å². The molecule has 4 aromatic carbocycles. The summed E-state index contributed by atoms with van der Waals surface area (Å²) in [6, 6.07) is 38.8. The summed E-state index contributed by atoms with van der Waals surface area (Å²) >= 11 is 0. The average Bonchev–Trinajstić information content (AvgIpc) is 3.21. The van der Waals surface area contributed by atoms with Gasteiger partial charge in [0, 0.05) is 6.42 Å². The number of hydrogen-bond acceptors (Lipinski definition) is 2. The highest BCUT2D eigenvalue weighted by atomic mass is 16.2. The largest absolute Gasteiger partial charge is 0.296 e. The Bertz CT molecular complexity index is 1280. The SMILES string of the molecule is O=C1CC(c2ccccc2C(=C(c2ccccc2)c2ccccc2)c2ccccc2)C(=O)N1. The van der Waals surface area contributed by atoms with Crippen LogP contribution in [0.15, 0.2) is 115 Å². The average molecular weight is 430 g/mol. The number of nitrogens with one attached hydrogen (secondary N) is 1. The quantitative estimate of drug-likeness (QED) is 0.321. The highest BCUT2D eigenvalue weighted by Crippen LogP contribution is 2.40. The second kappa shape index (κ2) is 9.09. The molecule has 1 N–H and O–H groups in total. The molecule has 0 bridgehead atoms. The van der Waals surface area contributed by atoms with Crippen molar-refractivity contribution in [2.45, 2.75) is 12.3 Å². The zero-order valence-corrected chi connectivity index (χ0v) is 18.1. The lowest BCUT2D eigenvalue weighted by Crippen LogP contribution is -2.21. The fourth-order valence-electron chi connectivity index (χ4n) is 4.54. The van der Waals surface area contributed by atoms with E-state index in [-0.39, 0.29) is 18.2 Å². The van der Waals surface area contributed by atoms with Crippen LogP contribution in [0.25, 0.3) is 11.1 Å². The van der Waals surface area contributed by atoms with Crippen molar-refractivity contribution in [1.82, 2.24) is 5.32 Å². The van der Waals surface area contributed by atoms with Gasteiger partial charge in [0.1, 0.15) is 0 Å². The first kappa shape index (κ1) is 20.7. The first-order valence-electron chi connectivity index (χ1n) is 11.1.